The van der Waals surface area contributed by atoms with Gasteiger partial charge in [-0.1, -0.05) is 6.08 Å². The second kappa shape index (κ2) is 7.74. The first-order valence-electron chi connectivity index (χ1n) is 8.31. The summed E-state index contributed by atoms with van der Waals surface area (Å²) in [5.41, 5.74) is 0. The molecule has 0 aliphatic carbocycles. The van der Waals surface area contributed by atoms with Crippen LogP contribution in [0.2, 0.25) is 0 Å². The molecule has 0 aromatic carbocycles. The molecular formula is C18H20N2O4S. The number of nitrogens with zero attached hydrogens (tertiary/aromatic N) is 2. The van der Waals surface area contributed by atoms with Crippen molar-refractivity contribution in [1.82, 2.24) is 9.80 Å². The highest BCUT2D eigenvalue weighted by Gasteiger charge is 2.37. The third-order valence-corrected chi connectivity index (χ3v) is 5.27. The number of allylic oxidation sites excluding steroid dienone is 2. The molecule has 0 N–H and O–H groups in total. The number of imide groups is 1. The molecule has 3 amide bonds. The molecule has 132 valence electrons. The number of thioether (sulfide) groups is 1. The molecule has 1 aromatic rings. The van der Waals surface area contributed by atoms with Gasteiger partial charge in [0.2, 0.25) is 5.91 Å². The van der Waals surface area contributed by atoms with Crippen molar-refractivity contribution in [1.29, 1.82) is 0 Å². The molecule has 3 heterocycles. The highest BCUT2D eigenvalue weighted by Crippen LogP contribution is 2.31. The topological polar surface area (TPSA) is 70.8 Å². The van der Waals surface area contributed by atoms with E-state index in [1.807, 2.05) is 6.92 Å². The standard InChI is InChI=1S/C18H20N2O4S/c1-13-6-2-3-10-19(13)16(21)12-20-17(22)15(25-18(20)23)9-4-7-14-8-5-11-24-14/h4-5,7-9,11,13H,2-3,6,10,12H2,1H3/b7-4+,15-9-/t13-/m0/s1. The molecule has 1 atom stereocenters. The van der Waals surface area contributed by atoms with Crippen LogP contribution in [0.3, 0.4) is 0 Å². The number of hydrogen-bond acceptors (Lipinski definition) is 5. The van der Waals surface area contributed by atoms with Gasteiger partial charge in [-0.2, -0.15) is 0 Å². The zero-order chi connectivity index (χ0) is 17.8. The van der Waals surface area contributed by atoms with Crippen LogP contribution in [-0.4, -0.2) is 46.0 Å². The van der Waals surface area contributed by atoms with Crippen LogP contribution in [0.4, 0.5) is 4.79 Å². The van der Waals surface area contributed by atoms with Crippen molar-refractivity contribution in [2.45, 2.75) is 32.2 Å². The first-order valence-corrected chi connectivity index (χ1v) is 9.13. The van der Waals surface area contributed by atoms with Crippen molar-refractivity contribution in [3.63, 3.8) is 0 Å². The number of likely N-dealkylation sites (tertiary alicyclic amines) is 1. The van der Waals surface area contributed by atoms with Gasteiger partial charge in [-0.05, 0) is 62.2 Å². The minimum atomic E-state index is -0.419. The fraction of sp³-hybridized carbons (Fsp3) is 0.389. The lowest BCUT2D eigenvalue weighted by atomic mass is 10.0. The van der Waals surface area contributed by atoms with E-state index in [9.17, 15) is 14.4 Å². The third kappa shape index (κ3) is 4.04. The normalized spacial score (nSPS) is 23.2. The SMILES string of the molecule is C[C@H]1CCCCN1C(=O)CN1C(=O)S/C(=C\C=C\c2ccco2)C1=O. The maximum absolute atomic E-state index is 12.5. The van der Waals surface area contributed by atoms with Crippen LogP contribution in [0.5, 0.6) is 0 Å². The smallest absolute Gasteiger partial charge is 0.294 e. The van der Waals surface area contributed by atoms with E-state index in [0.717, 1.165) is 35.9 Å². The Hall–Kier alpha value is -2.28. The van der Waals surface area contributed by atoms with E-state index in [1.54, 1.807) is 41.5 Å². The summed E-state index contributed by atoms with van der Waals surface area (Å²) >= 11 is 0.854. The Balaban J connectivity index is 1.63. The Morgan fingerprint density at radius 1 is 1.40 bits per heavy atom. The highest BCUT2D eigenvalue weighted by molar-refractivity contribution is 8.18. The van der Waals surface area contributed by atoms with Crippen LogP contribution in [0, 0.1) is 0 Å². The van der Waals surface area contributed by atoms with Gasteiger partial charge in [-0.3, -0.25) is 19.3 Å². The van der Waals surface area contributed by atoms with Gasteiger partial charge >= 0.3 is 0 Å². The Morgan fingerprint density at radius 2 is 2.24 bits per heavy atom. The Morgan fingerprint density at radius 3 is 2.96 bits per heavy atom. The van der Waals surface area contributed by atoms with Crippen molar-refractivity contribution in [2.75, 3.05) is 13.1 Å². The van der Waals surface area contributed by atoms with Gasteiger partial charge in [0.15, 0.2) is 0 Å². The molecule has 0 saturated carbocycles. The third-order valence-electron chi connectivity index (χ3n) is 4.34. The molecule has 2 fully saturated rings. The minimum Gasteiger partial charge on any atom is -0.465 e. The maximum atomic E-state index is 12.5. The Bertz CT molecular complexity index is 723. The summed E-state index contributed by atoms with van der Waals surface area (Å²) in [7, 11) is 0. The van der Waals surface area contributed by atoms with E-state index in [2.05, 4.69) is 0 Å². The predicted octanol–water partition coefficient (Wildman–Crippen LogP) is 3.27. The summed E-state index contributed by atoms with van der Waals surface area (Å²) in [6, 6.07) is 3.71. The molecule has 3 rings (SSSR count). The molecule has 2 aliphatic rings. The molecule has 1 aromatic heterocycles. The fourth-order valence-corrected chi connectivity index (χ4v) is 3.75. The average molecular weight is 360 g/mol. The molecule has 0 bridgehead atoms. The van der Waals surface area contributed by atoms with Gasteiger partial charge in [-0.25, -0.2) is 0 Å². The Kier molecular flexibility index (Phi) is 5.43. The first-order chi connectivity index (χ1) is 12.1. The zero-order valence-electron chi connectivity index (χ0n) is 14.0. The van der Waals surface area contributed by atoms with Crippen molar-refractivity contribution in [3.8, 4) is 0 Å². The maximum Gasteiger partial charge on any atom is 0.294 e. The van der Waals surface area contributed by atoms with E-state index in [1.165, 1.54) is 0 Å². The van der Waals surface area contributed by atoms with Gasteiger partial charge in [-0.15, -0.1) is 0 Å². The van der Waals surface area contributed by atoms with Gasteiger partial charge in [0.25, 0.3) is 11.1 Å². The molecular weight excluding hydrogens is 340 g/mol. The molecule has 2 aliphatic heterocycles. The summed E-state index contributed by atoms with van der Waals surface area (Å²) in [4.78, 5) is 40.1. The average Bonchev–Trinajstić information content (AvgIpc) is 3.19. The monoisotopic (exact) mass is 360 g/mol. The van der Waals surface area contributed by atoms with Gasteiger partial charge in [0.05, 0.1) is 11.2 Å². The van der Waals surface area contributed by atoms with E-state index in [-0.39, 0.29) is 18.5 Å². The predicted molar refractivity (Wildman–Crippen MR) is 95.6 cm³/mol. The molecule has 0 unspecified atom stereocenters. The van der Waals surface area contributed by atoms with Crippen molar-refractivity contribution in [2.24, 2.45) is 0 Å². The van der Waals surface area contributed by atoms with Gasteiger partial charge in [0.1, 0.15) is 12.3 Å². The number of carbonyl (C=O) groups is 3. The van der Waals surface area contributed by atoms with Crippen LogP contribution < -0.4 is 0 Å². The van der Waals surface area contributed by atoms with Crippen LogP contribution in [0.1, 0.15) is 31.9 Å². The minimum absolute atomic E-state index is 0.160. The number of amides is 3. The highest BCUT2D eigenvalue weighted by atomic mass is 32.2. The zero-order valence-corrected chi connectivity index (χ0v) is 14.8. The quantitative estimate of drug-likeness (QED) is 0.771. The number of furan rings is 1. The van der Waals surface area contributed by atoms with Crippen LogP contribution in [0.25, 0.3) is 6.08 Å². The fourth-order valence-electron chi connectivity index (χ4n) is 2.96. The van der Waals surface area contributed by atoms with Crippen molar-refractivity contribution in [3.05, 3.63) is 41.2 Å². The summed E-state index contributed by atoms with van der Waals surface area (Å²) in [6.07, 6.45) is 9.53. The van der Waals surface area contributed by atoms with E-state index in [4.69, 9.17) is 4.42 Å². The lowest BCUT2D eigenvalue weighted by Crippen LogP contribution is -2.47. The molecule has 0 spiro atoms. The van der Waals surface area contributed by atoms with Crippen molar-refractivity contribution < 1.29 is 18.8 Å². The summed E-state index contributed by atoms with van der Waals surface area (Å²) in [5, 5.41) is -0.402. The van der Waals surface area contributed by atoms with E-state index < -0.39 is 11.1 Å². The largest absolute Gasteiger partial charge is 0.465 e. The molecule has 25 heavy (non-hydrogen) atoms. The molecule has 0 radical (unpaired) electrons. The number of carbonyl (C=O) groups excluding carboxylic acids is 3. The van der Waals surface area contributed by atoms with Crippen LogP contribution >= 0.6 is 11.8 Å². The first kappa shape index (κ1) is 17.5. The number of hydrogen-bond donors (Lipinski definition) is 0. The summed E-state index contributed by atoms with van der Waals surface area (Å²) in [5.74, 6) is 0.0729. The number of rotatable bonds is 4. The second-order valence-corrected chi connectivity index (χ2v) is 7.09. The molecule has 2 saturated heterocycles. The molecule has 6 nitrogen and oxygen atoms in total. The van der Waals surface area contributed by atoms with E-state index >= 15 is 0 Å². The number of piperidine rings is 1. The van der Waals surface area contributed by atoms with Crippen LogP contribution in [-0.2, 0) is 9.59 Å². The van der Waals surface area contributed by atoms with E-state index in [0.29, 0.717) is 17.2 Å². The Labute approximate surface area is 150 Å². The molecule has 7 heteroatoms. The van der Waals surface area contributed by atoms with Crippen LogP contribution in [0.15, 0.2) is 39.9 Å². The van der Waals surface area contributed by atoms with Gasteiger partial charge in [0, 0.05) is 12.6 Å². The lowest BCUT2D eigenvalue weighted by molar-refractivity contribution is -0.138. The summed E-state index contributed by atoms with van der Waals surface area (Å²) in [6.45, 7) is 2.51. The van der Waals surface area contributed by atoms with Gasteiger partial charge < -0.3 is 9.32 Å². The summed E-state index contributed by atoms with van der Waals surface area (Å²) < 4.78 is 5.16. The van der Waals surface area contributed by atoms with Crippen molar-refractivity contribution >= 4 is 34.9 Å². The second-order valence-electron chi connectivity index (χ2n) is 6.10. The lowest BCUT2D eigenvalue weighted by Gasteiger charge is -2.34.